The van der Waals surface area contributed by atoms with Gasteiger partial charge in [0.2, 0.25) is 0 Å². The Kier molecular flexibility index (Phi) is 13.8. The van der Waals surface area contributed by atoms with Crippen LogP contribution in [0.15, 0.2) is 48.8 Å². The van der Waals surface area contributed by atoms with Crippen molar-refractivity contribution in [2.45, 2.75) is 105 Å². The molecule has 0 fully saturated rings. The summed E-state index contributed by atoms with van der Waals surface area (Å²) in [6, 6.07) is 14.2. The Morgan fingerprint density at radius 3 is 1.65 bits per heavy atom. The minimum atomic E-state index is 0.585. The molecule has 0 N–H and O–H groups in total. The molecule has 12 heterocycles. The Labute approximate surface area is 450 Å². The van der Waals surface area contributed by atoms with Crippen molar-refractivity contribution in [1.82, 2.24) is 32.0 Å². The van der Waals surface area contributed by atoms with Crippen LogP contribution < -0.4 is 9.80 Å². The van der Waals surface area contributed by atoms with E-state index in [4.69, 9.17) is 27.5 Å². The molecular formula is C53H55N9S9. The average molecular weight is 1110 g/mol. The smallest absolute Gasteiger partial charge is 0.132 e. The topological polar surface area (TPSA) is 88.8 Å². The van der Waals surface area contributed by atoms with Crippen molar-refractivity contribution in [3.05, 3.63) is 48.8 Å². The van der Waals surface area contributed by atoms with Crippen LogP contribution in [0.2, 0.25) is 0 Å². The molecule has 1 unspecified atom stereocenters. The minimum Gasteiger partial charge on any atom is -0.366 e. The van der Waals surface area contributed by atoms with Crippen LogP contribution in [-0.2, 0) is 6.54 Å². The molecule has 9 nitrogen and oxygen atoms in total. The van der Waals surface area contributed by atoms with Crippen molar-refractivity contribution in [1.29, 1.82) is 0 Å². The molecule has 366 valence electrons. The van der Waals surface area contributed by atoms with Crippen LogP contribution in [0.1, 0.15) is 98.8 Å². The van der Waals surface area contributed by atoms with Gasteiger partial charge in [-0.25, -0.2) is 0 Å². The van der Waals surface area contributed by atoms with Gasteiger partial charge in [-0.1, -0.05) is 73.1 Å². The van der Waals surface area contributed by atoms with Gasteiger partial charge < -0.3 is 14.4 Å². The lowest BCUT2D eigenvalue weighted by Crippen LogP contribution is -2.24. The van der Waals surface area contributed by atoms with Crippen LogP contribution in [0.25, 0.3) is 113 Å². The first kappa shape index (κ1) is 48.0. The maximum Gasteiger partial charge on any atom is 0.132 e. The molecule has 0 amide bonds. The van der Waals surface area contributed by atoms with E-state index >= 15 is 0 Å². The van der Waals surface area contributed by atoms with Crippen molar-refractivity contribution >= 4 is 184 Å². The van der Waals surface area contributed by atoms with Crippen LogP contribution in [-0.4, -0.2) is 58.7 Å². The molecule has 12 rings (SSSR count). The predicted molar refractivity (Wildman–Crippen MR) is 320 cm³/mol. The van der Waals surface area contributed by atoms with E-state index in [1.807, 2.05) is 85.6 Å². The summed E-state index contributed by atoms with van der Waals surface area (Å²) in [5.41, 5.74) is 10.3. The van der Waals surface area contributed by atoms with Crippen LogP contribution in [0.4, 0.5) is 10.0 Å². The first-order chi connectivity index (χ1) is 34.9. The van der Waals surface area contributed by atoms with Crippen molar-refractivity contribution in [3.63, 3.8) is 0 Å². The number of aromatic nitrogens is 7. The number of hydrogen-bond donors (Lipinski definition) is 0. The molecule has 0 aliphatic carbocycles. The highest BCUT2D eigenvalue weighted by Gasteiger charge is 2.27. The first-order valence-corrected chi connectivity index (χ1v) is 32.3. The fraction of sp³-hybridized carbons (Fsp3) is 0.396. The molecular weight excluding hydrogens is 1050 g/mol. The monoisotopic (exact) mass is 1110 g/mol. The molecule has 18 heteroatoms. The van der Waals surface area contributed by atoms with E-state index in [1.54, 1.807) is 0 Å². The van der Waals surface area contributed by atoms with Crippen molar-refractivity contribution in [2.75, 3.05) is 36.5 Å². The summed E-state index contributed by atoms with van der Waals surface area (Å²) < 4.78 is 33.0. The van der Waals surface area contributed by atoms with Gasteiger partial charge in [0.05, 0.1) is 68.3 Å². The molecule has 0 radical (unpaired) electrons. The molecule has 71 heavy (non-hydrogen) atoms. The molecule has 0 bridgehead atoms. The highest BCUT2D eigenvalue weighted by Crippen LogP contribution is 2.52. The predicted octanol–water partition coefficient (Wildman–Crippen LogP) is 19.0. The number of hydrogen-bond acceptors (Lipinski definition) is 17. The van der Waals surface area contributed by atoms with E-state index in [9.17, 15) is 0 Å². The number of thiophene rings is 7. The van der Waals surface area contributed by atoms with E-state index in [-0.39, 0.29) is 0 Å². The standard InChI is InChI=1S/C53H55N9S9/c1-7-12-16-29(11-5)28-62-32-20-39(46-48-44(56-70-58-48)30(26-54-46)33-21-35-37(63-33)24-42(65-35)60(6)17-13-8-2)67-51(32)53-50(62)52-41(69-53)23-40(68-52)47-49-45(57-71-59-49)31(27-55-47)34-22-36-38(64-34)25-43(66-36)61(18-14-9-3)19-15-10-4/h20-27,29H,7-19,28H2,1-6H3. The summed E-state index contributed by atoms with van der Waals surface area (Å²) in [4.78, 5) is 20.1. The van der Waals surface area contributed by atoms with Gasteiger partial charge in [-0.15, -0.1) is 79.4 Å². The van der Waals surface area contributed by atoms with Gasteiger partial charge in [0, 0.05) is 90.0 Å². The van der Waals surface area contributed by atoms with Gasteiger partial charge in [0.15, 0.2) is 0 Å². The lowest BCUT2D eigenvalue weighted by molar-refractivity contribution is 0.401. The number of pyridine rings is 2. The maximum absolute atomic E-state index is 5.22. The Hall–Kier alpha value is -3.98. The summed E-state index contributed by atoms with van der Waals surface area (Å²) in [6.45, 7) is 15.8. The van der Waals surface area contributed by atoms with E-state index in [1.165, 1.54) is 150 Å². The van der Waals surface area contributed by atoms with Crippen LogP contribution in [0, 0.1) is 5.92 Å². The number of nitrogens with zero attached hydrogens (tertiary/aromatic N) is 9. The summed E-state index contributed by atoms with van der Waals surface area (Å²) in [5.74, 6) is 0.585. The van der Waals surface area contributed by atoms with E-state index < -0.39 is 0 Å². The third-order valence-electron chi connectivity index (χ3n) is 13.9. The molecule has 0 aliphatic rings. The Balaban J connectivity index is 0.892. The second kappa shape index (κ2) is 20.4. The van der Waals surface area contributed by atoms with Gasteiger partial charge in [-0.3, -0.25) is 9.97 Å². The van der Waals surface area contributed by atoms with Gasteiger partial charge in [-0.05, 0) is 68.0 Å². The largest absolute Gasteiger partial charge is 0.366 e. The fourth-order valence-electron chi connectivity index (χ4n) is 9.80. The normalized spacial score (nSPS) is 12.8. The minimum absolute atomic E-state index is 0.585. The van der Waals surface area contributed by atoms with Crippen LogP contribution in [0.3, 0.4) is 0 Å². The second-order valence-corrected chi connectivity index (χ2v) is 27.2. The second-order valence-electron chi connectivity index (χ2n) is 18.7. The zero-order valence-electron chi connectivity index (χ0n) is 40.8. The lowest BCUT2D eigenvalue weighted by Gasteiger charge is -2.22. The Morgan fingerprint density at radius 1 is 0.507 bits per heavy atom. The van der Waals surface area contributed by atoms with Crippen molar-refractivity contribution in [3.8, 4) is 42.0 Å². The zero-order chi connectivity index (χ0) is 48.3. The van der Waals surface area contributed by atoms with Crippen LogP contribution >= 0.6 is 103 Å². The van der Waals surface area contributed by atoms with Gasteiger partial charge in [-0.2, -0.15) is 17.5 Å². The van der Waals surface area contributed by atoms with E-state index in [2.05, 4.69) is 98.6 Å². The summed E-state index contributed by atoms with van der Waals surface area (Å²) in [6.07, 6.45) is 16.2. The molecule has 0 saturated carbocycles. The summed E-state index contributed by atoms with van der Waals surface area (Å²) in [5, 5.41) is 2.72. The van der Waals surface area contributed by atoms with E-state index in [0.717, 1.165) is 86.9 Å². The molecule has 0 saturated heterocycles. The fourth-order valence-corrected chi connectivity index (χ4v) is 19.7. The Morgan fingerprint density at radius 2 is 1.04 bits per heavy atom. The third kappa shape index (κ3) is 8.73. The summed E-state index contributed by atoms with van der Waals surface area (Å²) >= 11 is 15.7. The number of rotatable bonds is 21. The molecule has 12 aromatic heterocycles. The molecule has 0 aromatic carbocycles. The van der Waals surface area contributed by atoms with Gasteiger partial charge in [0.1, 0.15) is 33.5 Å². The molecule has 1 atom stereocenters. The summed E-state index contributed by atoms with van der Waals surface area (Å²) in [7, 11) is 2.21. The average Bonchev–Trinajstić information content (AvgIpc) is 4.22. The Bertz CT molecular complexity index is 3750. The number of anilines is 2. The highest BCUT2D eigenvalue weighted by molar-refractivity contribution is 7.37. The first-order valence-electron chi connectivity index (χ1n) is 25.1. The number of unbranched alkanes of at least 4 members (excludes halogenated alkanes) is 4. The van der Waals surface area contributed by atoms with E-state index in [0.29, 0.717) is 5.92 Å². The highest BCUT2D eigenvalue weighted by atomic mass is 32.1. The number of fused-ring (bicyclic) bond motifs is 9. The van der Waals surface area contributed by atoms with Crippen molar-refractivity contribution < 1.29 is 0 Å². The SMILES string of the molecule is CCCCC(CC)Cn1c2cc(-c3ncc(-c4cc5sc(N(C)CCCC)cc5s4)c4nsnc34)sc2c2sc3cc(-c4ncc(-c5cc6sc(N(CCCC)CCCC)cc6s5)c5nsnc45)sc3c21. The molecule has 12 aromatic rings. The molecule has 0 spiro atoms. The molecule has 0 aliphatic heterocycles. The maximum atomic E-state index is 5.22. The third-order valence-corrected chi connectivity index (χ3v) is 23.5. The lowest BCUT2D eigenvalue weighted by atomic mass is 9.99. The quantitative estimate of drug-likeness (QED) is 0.0703. The van der Waals surface area contributed by atoms with Gasteiger partial charge >= 0.3 is 0 Å². The van der Waals surface area contributed by atoms with Crippen LogP contribution in [0.5, 0.6) is 0 Å². The zero-order valence-corrected chi connectivity index (χ0v) is 48.1. The van der Waals surface area contributed by atoms with Crippen molar-refractivity contribution in [2.24, 2.45) is 5.92 Å². The van der Waals surface area contributed by atoms with Gasteiger partial charge in [0.25, 0.3) is 0 Å².